The van der Waals surface area contributed by atoms with Crippen LogP contribution in [0, 0.1) is 11.8 Å². The molecular weight excluding hydrogens is 682 g/mol. The largest absolute Gasteiger partial charge is 0.510 e. The summed E-state index contributed by atoms with van der Waals surface area (Å²) in [5.74, 6) is -7.11. The molecule has 1 amide bonds. The predicted octanol–water partition coefficient (Wildman–Crippen LogP) is 3.06. The second kappa shape index (κ2) is 14.5. The summed E-state index contributed by atoms with van der Waals surface area (Å²) in [6, 6.07) is 16.4. The van der Waals surface area contributed by atoms with Crippen LogP contribution in [0.3, 0.4) is 0 Å². The first-order chi connectivity index (χ1) is 25.2. The lowest BCUT2D eigenvalue weighted by Crippen LogP contribution is -2.63. The number of phenolic OH excluding ortho intramolecular Hbond substituents is 1. The van der Waals surface area contributed by atoms with Crippen molar-refractivity contribution in [2.45, 2.75) is 50.4 Å². The van der Waals surface area contributed by atoms with E-state index in [9.17, 15) is 39.6 Å². The van der Waals surface area contributed by atoms with Gasteiger partial charge in [0, 0.05) is 23.6 Å². The predicted molar refractivity (Wildman–Crippen MR) is 193 cm³/mol. The molecule has 1 unspecified atom stereocenters. The number of nitrogens with zero attached hydrogens (tertiary/aromatic N) is 1. The zero-order chi connectivity index (χ0) is 38.4. The summed E-state index contributed by atoms with van der Waals surface area (Å²) in [5, 5.41) is 49.0. The van der Waals surface area contributed by atoms with E-state index in [1.165, 1.54) is 18.1 Å². The summed E-state index contributed by atoms with van der Waals surface area (Å²) >= 11 is 0. The summed E-state index contributed by atoms with van der Waals surface area (Å²) in [6.07, 6.45) is 0.471. The van der Waals surface area contributed by atoms with Gasteiger partial charge >= 0.3 is 5.97 Å². The maximum atomic E-state index is 14.3. The van der Waals surface area contributed by atoms with E-state index in [-0.39, 0.29) is 48.8 Å². The van der Waals surface area contributed by atoms with E-state index in [1.54, 1.807) is 33.2 Å². The standard InChI is InChI=1S/C40H43N3O10/c1-5-53-39(50)27(16-20-9-7-6-8-10-20)42-19-21-11-14-29(52-4)24(15-21)23-12-13-28(44)31-25(23)17-22-18-26-33(43(2)3)35(46)32(38(41)49)37(48)40(26,51)36(47)30(22)34(31)45/h6-15,22,26-27,33,42,44,46-47,51H,5,16-19H2,1-4H3,(H2,41,49)/t22-,26-,27?,33+,40+/m1/s1. The number of ether oxygens (including phenoxy) is 2. The number of allylic oxidation sites excluding steroid dienone is 1. The van der Waals surface area contributed by atoms with Crippen molar-refractivity contribution in [3.63, 3.8) is 0 Å². The normalized spacial score (nSPS) is 22.9. The zero-order valence-corrected chi connectivity index (χ0v) is 29.9. The number of aromatic hydroxyl groups is 1. The molecule has 3 aromatic carbocycles. The second-order valence-electron chi connectivity index (χ2n) is 13.9. The van der Waals surface area contributed by atoms with Crippen molar-refractivity contribution in [3.8, 4) is 22.6 Å². The Kier molecular flexibility index (Phi) is 10.2. The molecule has 13 heteroatoms. The number of esters is 1. The van der Waals surface area contributed by atoms with Crippen molar-refractivity contribution in [1.29, 1.82) is 0 Å². The summed E-state index contributed by atoms with van der Waals surface area (Å²) in [4.78, 5) is 54.6. The number of hydrogen-bond donors (Lipinski definition) is 6. The molecule has 0 saturated heterocycles. The molecular formula is C40H43N3O10. The van der Waals surface area contributed by atoms with Gasteiger partial charge in [-0.2, -0.15) is 0 Å². The number of rotatable bonds is 11. The fourth-order valence-electron chi connectivity index (χ4n) is 8.15. The van der Waals surface area contributed by atoms with E-state index >= 15 is 0 Å². The van der Waals surface area contributed by atoms with E-state index in [0.29, 0.717) is 28.9 Å². The number of carbonyl (C=O) groups is 4. The molecule has 13 nitrogen and oxygen atoms in total. The lowest BCUT2D eigenvalue weighted by molar-refractivity contribution is -0.148. The van der Waals surface area contributed by atoms with E-state index in [4.69, 9.17) is 15.2 Å². The van der Waals surface area contributed by atoms with Crippen LogP contribution >= 0.6 is 0 Å². The van der Waals surface area contributed by atoms with Crippen LogP contribution in [0.4, 0.5) is 0 Å². The van der Waals surface area contributed by atoms with Gasteiger partial charge in [-0.1, -0.05) is 42.5 Å². The Balaban J connectivity index is 1.40. The van der Waals surface area contributed by atoms with Crippen molar-refractivity contribution in [2.75, 3.05) is 27.8 Å². The highest BCUT2D eigenvalue weighted by molar-refractivity contribution is 6.25. The molecule has 5 atom stereocenters. The molecule has 0 saturated carbocycles. The molecule has 7 N–H and O–H groups in total. The average Bonchev–Trinajstić information content (AvgIpc) is 3.12. The maximum Gasteiger partial charge on any atom is 0.323 e. The third-order valence-corrected chi connectivity index (χ3v) is 10.6. The number of hydrogen-bond acceptors (Lipinski definition) is 12. The number of phenols is 1. The van der Waals surface area contributed by atoms with Crippen LogP contribution in [0.15, 0.2) is 83.3 Å². The number of fused-ring (bicyclic) bond motifs is 3. The van der Waals surface area contributed by atoms with Crippen LogP contribution in [0.2, 0.25) is 0 Å². The molecule has 53 heavy (non-hydrogen) atoms. The zero-order valence-electron chi connectivity index (χ0n) is 29.9. The first kappa shape index (κ1) is 37.3. The van der Waals surface area contributed by atoms with Gasteiger partial charge in [-0.3, -0.25) is 24.1 Å². The van der Waals surface area contributed by atoms with Crippen LogP contribution in [0.25, 0.3) is 11.1 Å². The molecule has 3 aliphatic carbocycles. The van der Waals surface area contributed by atoms with E-state index < -0.39 is 64.1 Å². The Labute approximate surface area is 306 Å². The second-order valence-corrected chi connectivity index (χ2v) is 13.9. The van der Waals surface area contributed by atoms with E-state index in [1.807, 2.05) is 42.5 Å². The third-order valence-electron chi connectivity index (χ3n) is 10.6. The number of benzene rings is 3. The van der Waals surface area contributed by atoms with E-state index in [2.05, 4.69) is 5.32 Å². The molecule has 0 spiro atoms. The Morgan fingerprint density at radius 2 is 1.74 bits per heavy atom. The number of carbonyl (C=O) groups excluding carboxylic acids is 4. The number of methoxy groups -OCH3 is 1. The number of likely N-dealkylation sites (N-methyl/N-ethyl adjacent to an activating group) is 1. The Morgan fingerprint density at radius 1 is 1.02 bits per heavy atom. The average molecular weight is 726 g/mol. The lowest BCUT2D eigenvalue weighted by Gasteiger charge is -2.50. The van der Waals surface area contributed by atoms with Crippen LogP contribution in [-0.2, 0) is 38.5 Å². The molecule has 0 aliphatic heterocycles. The summed E-state index contributed by atoms with van der Waals surface area (Å²) in [6.45, 7) is 2.26. The van der Waals surface area contributed by atoms with Gasteiger partial charge in [0.2, 0.25) is 5.78 Å². The highest BCUT2D eigenvalue weighted by Gasteiger charge is 2.63. The molecule has 0 radical (unpaired) electrons. The van der Waals surface area contributed by atoms with E-state index in [0.717, 1.165) is 11.1 Å². The topological polar surface area (TPSA) is 209 Å². The fraction of sp³-hybridized carbons (Fsp3) is 0.350. The van der Waals surface area contributed by atoms with Gasteiger partial charge in [0.25, 0.3) is 5.91 Å². The van der Waals surface area contributed by atoms with Crippen molar-refractivity contribution >= 4 is 23.4 Å². The Morgan fingerprint density at radius 3 is 2.38 bits per heavy atom. The minimum Gasteiger partial charge on any atom is -0.510 e. The third kappa shape index (κ3) is 6.34. The molecule has 0 bridgehead atoms. The highest BCUT2D eigenvalue weighted by Crippen LogP contribution is 2.53. The van der Waals surface area contributed by atoms with Crippen molar-refractivity contribution in [1.82, 2.24) is 10.2 Å². The molecule has 0 fully saturated rings. The highest BCUT2D eigenvalue weighted by atomic mass is 16.5. The van der Waals surface area contributed by atoms with Gasteiger partial charge in [0.1, 0.15) is 34.6 Å². The molecule has 3 aliphatic rings. The van der Waals surface area contributed by atoms with Crippen LogP contribution in [0.5, 0.6) is 11.5 Å². The molecule has 3 aromatic rings. The molecule has 278 valence electrons. The van der Waals surface area contributed by atoms with Crippen molar-refractivity contribution < 1.29 is 49.1 Å². The smallest absolute Gasteiger partial charge is 0.323 e. The Hall–Kier alpha value is -5.50. The number of aliphatic hydroxyl groups excluding tert-OH is 2. The maximum absolute atomic E-state index is 14.3. The number of nitrogens with two attached hydrogens (primary N) is 1. The molecule has 0 aromatic heterocycles. The number of Topliss-reactive ketones (excluding diaryl/α,β-unsaturated/α-hetero) is 2. The minimum absolute atomic E-state index is 0.0430. The number of aliphatic hydroxyl groups is 3. The first-order valence-electron chi connectivity index (χ1n) is 17.3. The van der Waals surface area contributed by atoms with Crippen molar-refractivity contribution in [2.24, 2.45) is 17.6 Å². The molecule has 6 rings (SSSR count). The quantitative estimate of drug-likeness (QED) is 0.125. The van der Waals surface area contributed by atoms with Crippen LogP contribution < -0.4 is 15.8 Å². The summed E-state index contributed by atoms with van der Waals surface area (Å²) in [7, 11) is 4.66. The van der Waals surface area contributed by atoms with Gasteiger partial charge in [0.05, 0.1) is 25.3 Å². The number of ketones is 2. The van der Waals surface area contributed by atoms with Gasteiger partial charge in [-0.05, 0) is 86.7 Å². The van der Waals surface area contributed by atoms with Crippen LogP contribution in [0.1, 0.15) is 40.4 Å². The molecule has 0 heterocycles. The Bertz CT molecular complexity index is 2060. The van der Waals surface area contributed by atoms with Gasteiger partial charge < -0.3 is 41.0 Å². The number of primary amides is 1. The number of nitrogens with one attached hydrogen (secondary N) is 1. The van der Waals surface area contributed by atoms with Gasteiger partial charge in [0.15, 0.2) is 11.4 Å². The van der Waals surface area contributed by atoms with Gasteiger partial charge in [-0.15, -0.1) is 0 Å². The number of amides is 1. The van der Waals surface area contributed by atoms with Crippen molar-refractivity contribution in [3.05, 3.63) is 106 Å². The van der Waals surface area contributed by atoms with Gasteiger partial charge in [-0.25, -0.2) is 0 Å². The lowest BCUT2D eigenvalue weighted by atomic mass is 9.58. The first-order valence-corrected chi connectivity index (χ1v) is 17.3. The summed E-state index contributed by atoms with van der Waals surface area (Å²) < 4.78 is 11.1. The SMILES string of the molecule is CCOC(=O)C(Cc1ccccc1)NCc1ccc(OC)c(-c2ccc(O)c3c2C[C@@H]2C[C@@H]4[C@H](N(C)C)C(O)=C(C(N)=O)C(=O)[C@@]4(O)C(O)=C2C3=O)c1. The van der Waals surface area contributed by atoms with Crippen LogP contribution in [-0.4, -0.2) is 94.3 Å². The monoisotopic (exact) mass is 725 g/mol. The minimum atomic E-state index is -2.73. The fourth-order valence-corrected chi connectivity index (χ4v) is 8.15. The summed E-state index contributed by atoms with van der Waals surface area (Å²) in [5.41, 5.74) is 4.86.